The van der Waals surface area contributed by atoms with Gasteiger partial charge < -0.3 is 5.32 Å². The highest BCUT2D eigenvalue weighted by Gasteiger charge is 2.10. The van der Waals surface area contributed by atoms with E-state index in [4.69, 9.17) is 0 Å². The number of hydrogen-bond acceptors (Lipinski definition) is 4. The van der Waals surface area contributed by atoms with E-state index in [1.807, 2.05) is 26.0 Å². The fourth-order valence-electron chi connectivity index (χ4n) is 1.59. The van der Waals surface area contributed by atoms with Gasteiger partial charge in [0.05, 0.1) is 5.75 Å². The molecule has 0 saturated carbocycles. The molecule has 0 aliphatic rings. The van der Waals surface area contributed by atoms with Gasteiger partial charge in [0.1, 0.15) is 0 Å². The zero-order chi connectivity index (χ0) is 12.7. The van der Waals surface area contributed by atoms with Crippen molar-refractivity contribution in [3.05, 3.63) is 30.1 Å². The number of hydrogen-bond donors (Lipinski definition) is 1. The van der Waals surface area contributed by atoms with Crippen LogP contribution in [0.25, 0.3) is 0 Å². The van der Waals surface area contributed by atoms with Crippen molar-refractivity contribution in [2.45, 2.75) is 26.3 Å². The first kappa shape index (κ1) is 14.1. The second-order valence-electron chi connectivity index (χ2n) is 4.11. The predicted octanol–water partition coefficient (Wildman–Crippen LogP) is 1.56. The minimum absolute atomic E-state index is 0.125. The summed E-state index contributed by atoms with van der Waals surface area (Å²) >= 11 is 0. The van der Waals surface area contributed by atoms with Crippen LogP contribution in [0, 0.1) is 0 Å². The summed E-state index contributed by atoms with van der Waals surface area (Å²) in [5.74, 6) is 0.474. The normalized spacial score (nSPS) is 13.5. The summed E-state index contributed by atoms with van der Waals surface area (Å²) in [6, 6.07) is 3.98. The van der Waals surface area contributed by atoms with Gasteiger partial charge in [-0.15, -0.1) is 0 Å². The Kier molecular flexibility index (Phi) is 5.58. The van der Waals surface area contributed by atoms with Crippen molar-refractivity contribution in [1.29, 1.82) is 0 Å². The zero-order valence-corrected chi connectivity index (χ0v) is 11.2. The van der Waals surface area contributed by atoms with E-state index in [9.17, 15) is 8.42 Å². The molecule has 1 rings (SSSR count). The van der Waals surface area contributed by atoms with Gasteiger partial charge in [0, 0.05) is 30.7 Å². The molecular formula is C12H20N2O2S. The Balaban J connectivity index is 2.37. The molecule has 96 valence electrons. The Morgan fingerprint density at radius 2 is 2.18 bits per heavy atom. The maximum Gasteiger partial charge on any atom is 0.151 e. The third kappa shape index (κ3) is 5.28. The first-order valence-electron chi connectivity index (χ1n) is 5.89. The van der Waals surface area contributed by atoms with Crippen molar-refractivity contribution >= 4 is 9.84 Å². The molecule has 0 aliphatic heterocycles. The van der Waals surface area contributed by atoms with Crippen molar-refractivity contribution in [2.24, 2.45) is 0 Å². The quantitative estimate of drug-likeness (QED) is 0.804. The van der Waals surface area contributed by atoms with Crippen molar-refractivity contribution < 1.29 is 8.42 Å². The van der Waals surface area contributed by atoms with Crippen LogP contribution in [0.15, 0.2) is 24.5 Å². The molecule has 0 aliphatic carbocycles. The second-order valence-corrected chi connectivity index (χ2v) is 6.42. The largest absolute Gasteiger partial charge is 0.309 e. The lowest BCUT2D eigenvalue weighted by atomic mass is 10.1. The fraction of sp³-hybridized carbons (Fsp3) is 0.583. The highest BCUT2D eigenvalue weighted by molar-refractivity contribution is 7.91. The second kappa shape index (κ2) is 6.71. The lowest BCUT2D eigenvalue weighted by molar-refractivity contribution is 0.570. The Bertz CT molecular complexity index is 417. The molecule has 1 aromatic rings. The summed E-state index contributed by atoms with van der Waals surface area (Å²) in [6.07, 6.45) is 4.20. The molecule has 5 heteroatoms. The van der Waals surface area contributed by atoms with Crippen LogP contribution in [0.2, 0.25) is 0 Å². The van der Waals surface area contributed by atoms with Crippen molar-refractivity contribution in [1.82, 2.24) is 10.3 Å². The smallest absolute Gasteiger partial charge is 0.151 e. The Hall–Kier alpha value is -0.940. The third-order valence-corrected chi connectivity index (χ3v) is 4.42. The topological polar surface area (TPSA) is 59.1 Å². The average molecular weight is 256 g/mol. The van der Waals surface area contributed by atoms with E-state index in [-0.39, 0.29) is 17.5 Å². The molecule has 4 nitrogen and oxygen atoms in total. The van der Waals surface area contributed by atoms with Crippen LogP contribution in [-0.2, 0) is 9.84 Å². The van der Waals surface area contributed by atoms with E-state index in [1.54, 1.807) is 12.4 Å². The maximum absolute atomic E-state index is 11.5. The highest BCUT2D eigenvalue weighted by atomic mass is 32.2. The molecule has 0 aromatic carbocycles. The first-order chi connectivity index (χ1) is 8.05. The first-order valence-corrected chi connectivity index (χ1v) is 7.71. The molecular weight excluding hydrogens is 236 g/mol. The van der Waals surface area contributed by atoms with Crippen LogP contribution in [0.1, 0.15) is 31.9 Å². The Morgan fingerprint density at radius 1 is 1.41 bits per heavy atom. The molecule has 1 unspecified atom stereocenters. The molecule has 0 spiro atoms. The lowest BCUT2D eigenvalue weighted by Gasteiger charge is -2.13. The van der Waals surface area contributed by atoms with Crippen LogP contribution >= 0.6 is 0 Å². The van der Waals surface area contributed by atoms with Gasteiger partial charge in [-0.1, -0.05) is 13.0 Å². The van der Waals surface area contributed by atoms with Crippen molar-refractivity contribution in [3.63, 3.8) is 0 Å². The van der Waals surface area contributed by atoms with Gasteiger partial charge in [-0.2, -0.15) is 0 Å². The summed E-state index contributed by atoms with van der Waals surface area (Å²) < 4.78 is 23.0. The number of nitrogens with zero attached hydrogens (tertiary/aromatic N) is 1. The van der Waals surface area contributed by atoms with Gasteiger partial charge in [0.15, 0.2) is 9.84 Å². The molecule has 1 N–H and O–H groups in total. The van der Waals surface area contributed by atoms with Crippen LogP contribution < -0.4 is 5.32 Å². The number of aromatic nitrogens is 1. The Labute approximate surface area is 103 Å². The summed E-state index contributed by atoms with van der Waals surface area (Å²) in [5.41, 5.74) is 1.07. The van der Waals surface area contributed by atoms with Crippen molar-refractivity contribution in [2.75, 3.05) is 18.1 Å². The third-order valence-electron chi connectivity index (χ3n) is 2.56. The monoisotopic (exact) mass is 256 g/mol. The van der Waals surface area contributed by atoms with Gasteiger partial charge in [-0.25, -0.2) is 8.42 Å². The predicted molar refractivity (Wildman–Crippen MR) is 69.6 cm³/mol. The molecule has 1 aromatic heterocycles. The van der Waals surface area contributed by atoms with E-state index >= 15 is 0 Å². The lowest BCUT2D eigenvalue weighted by Crippen LogP contribution is -2.26. The summed E-state index contributed by atoms with van der Waals surface area (Å²) in [4.78, 5) is 4.03. The number of pyridine rings is 1. The average Bonchev–Trinajstić information content (AvgIpc) is 2.29. The van der Waals surface area contributed by atoms with Crippen LogP contribution in [0.4, 0.5) is 0 Å². The summed E-state index contributed by atoms with van der Waals surface area (Å²) in [7, 11) is -2.89. The van der Waals surface area contributed by atoms with E-state index in [1.165, 1.54) is 0 Å². The standard InChI is InChI=1S/C12H20N2O2S/c1-3-8-17(15,16)9-7-14-11(2)12-5-4-6-13-10-12/h4-6,10-11,14H,3,7-9H2,1-2H3. The molecule has 1 atom stereocenters. The van der Waals surface area contributed by atoms with Gasteiger partial charge in [0.25, 0.3) is 0 Å². The highest BCUT2D eigenvalue weighted by Crippen LogP contribution is 2.09. The van der Waals surface area contributed by atoms with E-state index < -0.39 is 9.84 Å². The molecule has 0 bridgehead atoms. The van der Waals surface area contributed by atoms with Crippen LogP contribution in [0.3, 0.4) is 0 Å². The number of nitrogens with one attached hydrogen (secondary N) is 1. The van der Waals surface area contributed by atoms with Crippen molar-refractivity contribution in [3.8, 4) is 0 Å². The fourth-order valence-corrected chi connectivity index (χ4v) is 2.85. The minimum Gasteiger partial charge on any atom is -0.309 e. The molecule has 1 heterocycles. The van der Waals surface area contributed by atoms with E-state index in [0.29, 0.717) is 13.0 Å². The minimum atomic E-state index is -2.89. The van der Waals surface area contributed by atoms with Crippen LogP contribution in [0.5, 0.6) is 0 Å². The van der Waals surface area contributed by atoms with Gasteiger partial charge >= 0.3 is 0 Å². The molecule has 0 amide bonds. The summed E-state index contributed by atoms with van der Waals surface area (Å²) in [5, 5.41) is 3.19. The number of rotatable bonds is 7. The SMILES string of the molecule is CCCS(=O)(=O)CCNC(C)c1cccnc1. The number of sulfone groups is 1. The van der Waals surface area contributed by atoms with Gasteiger partial charge in [0.2, 0.25) is 0 Å². The van der Waals surface area contributed by atoms with E-state index in [2.05, 4.69) is 10.3 Å². The zero-order valence-electron chi connectivity index (χ0n) is 10.4. The Morgan fingerprint density at radius 3 is 2.76 bits per heavy atom. The summed E-state index contributed by atoms with van der Waals surface area (Å²) in [6.45, 7) is 4.37. The molecule has 0 fully saturated rings. The van der Waals surface area contributed by atoms with E-state index in [0.717, 1.165) is 5.56 Å². The maximum atomic E-state index is 11.5. The van der Waals surface area contributed by atoms with Gasteiger partial charge in [-0.05, 0) is 25.0 Å². The van der Waals surface area contributed by atoms with Crippen LogP contribution in [-0.4, -0.2) is 31.5 Å². The van der Waals surface area contributed by atoms with Gasteiger partial charge in [-0.3, -0.25) is 4.98 Å². The molecule has 0 saturated heterocycles. The molecule has 17 heavy (non-hydrogen) atoms. The molecule has 0 radical (unpaired) electrons.